The van der Waals surface area contributed by atoms with Gasteiger partial charge in [-0.3, -0.25) is 9.59 Å². The van der Waals surface area contributed by atoms with Crippen molar-refractivity contribution in [2.75, 3.05) is 13.2 Å². The average molecular weight is 334 g/mol. The molecular formula is C19H26O5. The van der Waals surface area contributed by atoms with Gasteiger partial charge < -0.3 is 14.2 Å². The number of cyclic esters (lactones) is 1. The van der Waals surface area contributed by atoms with E-state index in [-0.39, 0.29) is 24.4 Å². The lowest BCUT2D eigenvalue weighted by Gasteiger charge is -2.71. The monoisotopic (exact) mass is 334 g/mol. The Morgan fingerprint density at radius 2 is 2.25 bits per heavy atom. The van der Waals surface area contributed by atoms with Crippen LogP contribution in [0.4, 0.5) is 0 Å². The van der Waals surface area contributed by atoms with Crippen LogP contribution in [0.5, 0.6) is 0 Å². The van der Waals surface area contributed by atoms with Crippen LogP contribution in [-0.2, 0) is 23.8 Å². The van der Waals surface area contributed by atoms with E-state index in [4.69, 9.17) is 14.2 Å². The van der Waals surface area contributed by atoms with Crippen LogP contribution in [0, 0.1) is 23.2 Å². The van der Waals surface area contributed by atoms with Crippen LogP contribution in [-0.4, -0.2) is 36.4 Å². The SMILES string of the molecule is C=CCC[C@@]1(C)OC(=O)[C@@]2(C(=O)OCC)[C@@H]3[C@H]4CCC[C@@H]3[C@]21OC4. The quantitative estimate of drug-likeness (QED) is 0.439. The van der Waals surface area contributed by atoms with Gasteiger partial charge in [0.15, 0.2) is 0 Å². The van der Waals surface area contributed by atoms with Crippen molar-refractivity contribution in [3.63, 3.8) is 0 Å². The summed E-state index contributed by atoms with van der Waals surface area (Å²) in [5, 5.41) is 0. The van der Waals surface area contributed by atoms with Crippen LogP contribution in [0.25, 0.3) is 0 Å². The lowest BCUT2D eigenvalue weighted by Crippen LogP contribution is -2.84. The lowest BCUT2D eigenvalue weighted by molar-refractivity contribution is -0.355. The maximum atomic E-state index is 13.1. The summed E-state index contributed by atoms with van der Waals surface area (Å²) in [7, 11) is 0. The zero-order chi connectivity index (χ0) is 17.2. The summed E-state index contributed by atoms with van der Waals surface area (Å²) in [5.74, 6) is -0.400. The Morgan fingerprint density at radius 3 is 2.96 bits per heavy atom. The Morgan fingerprint density at radius 1 is 1.46 bits per heavy atom. The molecule has 5 heteroatoms. The average Bonchev–Trinajstić information content (AvgIpc) is 2.72. The highest BCUT2D eigenvalue weighted by atomic mass is 16.6. The Bertz CT molecular complexity index is 601. The van der Waals surface area contributed by atoms with Gasteiger partial charge in [0.05, 0.1) is 13.2 Å². The smallest absolute Gasteiger partial charge is 0.327 e. The van der Waals surface area contributed by atoms with Gasteiger partial charge in [0.1, 0.15) is 11.2 Å². The lowest BCUT2D eigenvalue weighted by atomic mass is 9.34. The van der Waals surface area contributed by atoms with Crippen LogP contribution in [0.15, 0.2) is 12.7 Å². The van der Waals surface area contributed by atoms with Gasteiger partial charge in [0, 0.05) is 0 Å². The topological polar surface area (TPSA) is 61.8 Å². The minimum absolute atomic E-state index is 0.0112. The van der Waals surface area contributed by atoms with Crippen molar-refractivity contribution < 1.29 is 23.8 Å². The van der Waals surface area contributed by atoms with Gasteiger partial charge in [-0.1, -0.05) is 12.5 Å². The fourth-order valence-corrected chi connectivity index (χ4v) is 6.33. The molecule has 2 aliphatic carbocycles. The van der Waals surface area contributed by atoms with Gasteiger partial charge in [-0.15, -0.1) is 6.58 Å². The number of carbonyl (C=O) groups excluding carboxylic acids is 2. The van der Waals surface area contributed by atoms with Crippen molar-refractivity contribution in [2.45, 2.75) is 57.2 Å². The van der Waals surface area contributed by atoms with E-state index in [1.165, 1.54) is 0 Å². The molecule has 6 atom stereocenters. The highest BCUT2D eigenvalue weighted by Gasteiger charge is 2.93. The molecule has 2 aliphatic heterocycles. The second-order valence-electron chi connectivity index (χ2n) is 7.85. The summed E-state index contributed by atoms with van der Waals surface area (Å²) >= 11 is 0. The Balaban J connectivity index is 1.85. The zero-order valence-electron chi connectivity index (χ0n) is 14.5. The van der Waals surface area contributed by atoms with E-state index in [9.17, 15) is 9.59 Å². The predicted octanol–water partition coefficient (Wildman–Crippen LogP) is 2.63. The van der Waals surface area contributed by atoms with Crippen LogP contribution >= 0.6 is 0 Å². The van der Waals surface area contributed by atoms with Crippen molar-refractivity contribution >= 4 is 11.9 Å². The fourth-order valence-electron chi connectivity index (χ4n) is 6.33. The molecule has 4 fully saturated rings. The third kappa shape index (κ3) is 1.47. The first kappa shape index (κ1) is 16.1. The molecule has 2 heterocycles. The molecule has 2 saturated carbocycles. The molecule has 4 bridgehead atoms. The fraction of sp³-hybridized carbons (Fsp3) is 0.789. The van der Waals surface area contributed by atoms with E-state index >= 15 is 0 Å². The predicted molar refractivity (Wildman–Crippen MR) is 86.0 cm³/mol. The van der Waals surface area contributed by atoms with Crippen LogP contribution in [0.3, 0.4) is 0 Å². The Kier molecular flexibility index (Phi) is 3.41. The van der Waals surface area contributed by atoms with E-state index in [0.717, 1.165) is 19.3 Å². The standard InChI is InChI=1S/C19H26O5/c1-4-6-10-17(3)19-13-9-7-8-12(11-23-19)14(13)18(19,16(21)24-17)15(20)22-5-2/h4,12-14H,1,5-11H2,2-3H3/t12-,13-,14+,17+,18-,19+/m0/s1. The number of hydrogen-bond acceptors (Lipinski definition) is 5. The molecule has 132 valence electrons. The number of esters is 2. The van der Waals surface area contributed by atoms with E-state index in [1.807, 2.05) is 13.0 Å². The first-order valence-corrected chi connectivity index (χ1v) is 9.15. The van der Waals surface area contributed by atoms with E-state index in [1.54, 1.807) is 6.92 Å². The van der Waals surface area contributed by atoms with Crippen molar-refractivity contribution in [3.05, 3.63) is 12.7 Å². The summed E-state index contributed by atoms with van der Waals surface area (Å²) in [6.07, 6.45) is 6.29. The maximum absolute atomic E-state index is 13.1. The van der Waals surface area contributed by atoms with E-state index < -0.39 is 28.6 Å². The number of carbonyl (C=O) groups is 2. The summed E-state index contributed by atoms with van der Waals surface area (Å²) < 4.78 is 17.7. The second kappa shape index (κ2) is 5.07. The first-order chi connectivity index (χ1) is 11.5. The third-order valence-electron chi connectivity index (χ3n) is 7.01. The number of rotatable bonds is 5. The Hall–Kier alpha value is -1.36. The largest absolute Gasteiger partial charge is 0.465 e. The molecule has 0 aromatic heterocycles. The summed E-state index contributed by atoms with van der Waals surface area (Å²) in [6, 6.07) is 0. The Labute approximate surface area is 142 Å². The number of ether oxygens (including phenoxy) is 3. The van der Waals surface area contributed by atoms with E-state index in [0.29, 0.717) is 19.4 Å². The van der Waals surface area contributed by atoms with Gasteiger partial charge in [-0.2, -0.15) is 0 Å². The van der Waals surface area contributed by atoms with Crippen molar-refractivity contribution in [2.24, 2.45) is 23.2 Å². The molecule has 2 saturated heterocycles. The molecule has 5 nitrogen and oxygen atoms in total. The number of allylic oxidation sites excluding steroid dienone is 1. The van der Waals surface area contributed by atoms with Gasteiger partial charge in [0.25, 0.3) is 0 Å². The molecule has 0 aromatic rings. The molecule has 4 aliphatic rings. The molecule has 1 spiro atoms. The van der Waals surface area contributed by atoms with Crippen molar-refractivity contribution in [1.82, 2.24) is 0 Å². The third-order valence-corrected chi connectivity index (χ3v) is 7.01. The second-order valence-corrected chi connectivity index (χ2v) is 7.85. The molecule has 0 aromatic carbocycles. The first-order valence-electron chi connectivity index (χ1n) is 9.15. The minimum atomic E-state index is -1.26. The molecular weight excluding hydrogens is 308 g/mol. The van der Waals surface area contributed by atoms with Gasteiger partial charge >= 0.3 is 11.9 Å². The maximum Gasteiger partial charge on any atom is 0.327 e. The highest BCUT2D eigenvalue weighted by Crippen LogP contribution is 2.77. The van der Waals surface area contributed by atoms with Crippen molar-refractivity contribution in [1.29, 1.82) is 0 Å². The van der Waals surface area contributed by atoms with Gasteiger partial charge in [-0.25, -0.2) is 0 Å². The molecule has 0 amide bonds. The van der Waals surface area contributed by atoms with Gasteiger partial charge in [0.2, 0.25) is 5.41 Å². The molecule has 4 rings (SSSR count). The summed E-state index contributed by atoms with van der Waals surface area (Å²) in [6.45, 7) is 8.36. The molecule has 0 radical (unpaired) electrons. The van der Waals surface area contributed by atoms with Crippen molar-refractivity contribution in [3.8, 4) is 0 Å². The van der Waals surface area contributed by atoms with E-state index in [2.05, 4.69) is 6.58 Å². The van der Waals surface area contributed by atoms with Crippen LogP contribution < -0.4 is 0 Å². The minimum Gasteiger partial charge on any atom is -0.465 e. The highest BCUT2D eigenvalue weighted by molar-refractivity contribution is 6.06. The number of hydrogen-bond donors (Lipinski definition) is 0. The molecule has 24 heavy (non-hydrogen) atoms. The normalized spacial score (nSPS) is 48.1. The van der Waals surface area contributed by atoms with Crippen LogP contribution in [0.1, 0.15) is 46.0 Å². The van der Waals surface area contributed by atoms with Gasteiger partial charge in [-0.05, 0) is 57.3 Å². The molecule has 0 unspecified atom stereocenters. The molecule has 0 N–H and O–H groups in total. The zero-order valence-corrected chi connectivity index (χ0v) is 14.5. The van der Waals surface area contributed by atoms with Crippen LogP contribution in [0.2, 0.25) is 0 Å². The summed E-state index contributed by atoms with van der Waals surface area (Å²) in [5.41, 5.74) is -2.92. The summed E-state index contributed by atoms with van der Waals surface area (Å²) in [4.78, 5) is 26.1.